The van der Waals surface area contributed by atoms with Crippen LogP contribution in [0.5, 0.6) is 0 Å². The molecule has 1 unspecified atom stereocenters. The van der Waals surface area contributed by atoms with E-state index in [1.54, 1.807) is 23.5 Å². The van der Waals surface area contributed by atoms with E-state index in [9.17, 15) is 4.39 Å². The van der Waals surface area contributed by atoms with E-state index in [0.29, 0.717) is 9.45 Å². The fourth-order valence-corrected chi connectivity index (χ4v) is 4.00. The van der Waals surface area contributed by atoms with Gasteiger partial charge in [0.2, 0.25) is 0 Å². The maximum atomic E-state index is 13.9. The van der Waals surface area contributed by atoms with Gasteiger partial charge in [-0.15, -0.1) is 22.9 Å². The molecule has 3 aromatic rings. The largest absolute Gasteiger partial charge is 0.324 e. The minimum absolute atomic E-state index is 0.182. The Balaban J connectivity index is 2.09. The van der Waals surface area contributed by atoms with Crippen molar-refractivity contribution in [3.05, 3.63) is 49.7 Å². The van der Waals surface area contributed by atoms with Crippen LogP contribution in [0, 0.1) is 9.39 Å². The number of nitrogens with zero attached hydrogens (tertiary/aromatic N) is 2. The molecule has 1 aromatic carbocycles. The number of halogens is 3. The predicted octanol–water partition coefficient (Wildman–Crippen LogP) is 5.38. The van der Waals surface area contributed by atoms with E-state index >= 15 is 0 Å². The van der Waals surface area contributed by atoms with Gasteiger partial charge in [0.1, 0.15) is 11.6 Å². The molecule has 2 nitrogen and oxygen atoms in total. The van der Waals surface area contributed by atoms with Crippen molar-refractivity contribution < 1.29 is 4.39 Å². The highest BCUT2D eigenvalue weighted by Crippen LogP contribution is 2.28. The number of hydrogen-bond donors (Lipinski definition) is 0. The summed E-state index contributed by atoms with van der Waals surface area (Å²) in [5.41, 5.74) is 1.61. The highest BCUT2D eigenvalue weighted by Gasteiger charge is 2.17. The van der Waals surface area contributed by atoms with Crippen molar-refractivity contribution >= 4 is 56.6 Å². The number of fused-ring (bicyclic) bond motifs is 1. The zero-order valence-electron chi connectivity index (χ0n) is 11.3. The first-order valence-electron chi connectivity index (χ1n) is 6.54. The summed E-state index contributed by atoms with van der Waals surface area (Å²) in [4.78, 5) is 5.85. The topological polar surface area (TPSA) is 17.8 Å². The van der Waals surface area contributed by atoms with E-state index in [1.807, 2.05) is 28.7 Å². The van der Waals surface area contributed by atoms with E-state index < -0.39 is 0 Å². The smallest absolute Gasteiger partial charge is 0.138 e. The number of alkyl halides is 1. The number of rotatable bonds is 4. The lowest BCUT2D eigenvalue weighted by Crippen LogP contribution is -2.10. The molecule has 2 heterocycles. The average molecular weight is 435 g/mol. The molecule has 21 heavy (non-hydrogen) atoms. The lowest BCUT2D eigenvalue weighted by atomic mass is 10.2. The van der Waals surface area contributed by atoms with Crippen LogP contribution in [0.4, 0.5) is 4.39 Å². The summed E-state index contributed by atoms with van der Waals surface area (Å²) in [5.74, 6) is 0.896. The Morgan fingerprint density at radius 2 is 2.29 bits per heavy atom. The standard InChI is InChI=1S/C15H13ClFIN2S/c1-9(5-10-3-2-4-21-10)20-14-6-11(17)12(18)7-13(14)19-15(20)8-16/h2-4,6-7,9H,5,8H2,1H3. The van der Waals surface area contributed by atoms with Crippen LogP contribution < -0.4 is 0 Å². The number of thiophene rings is 1. The van der Waals surface area contributed by atoms with Gasteiger partial charge in [0.05, 0.1) is 20.5 Å². The predicted molar refractivity (Wildman–Crippen MR) is 94.7 cm³/mol. The third-order valence-corrected chi connectivity index (χ3v) is 5.41. The van der Waals surface area contributed by atoms with Crippen LogP contribution in [0.3, 0.4) is 0 Å². The molecule has 0 N–H and O–H groups in total. The number of hydrogen-bond acceptors (Lipinski definition) is 2. The summed E-state index contributed by atoms with van der Waals surface area (Å²) in [6, 6.07) is 7.68. The molecule has 0 bridgehead atoms. The lowest BCUT2D eigenvalue weighted by molar-refractivity contribution is 0.545. The Bertz CT molecular complexity index is 770. The Hall–Kier alpha value is -0.660. The molecular weight excluding hydrogens is 422 g/mol. The van der Waals surface area contributed by atoms with E-state index in [4.69, 9.17) is 11.6 Å². The minimum Gasteiger partial charge on any atom is -0.324 e. The van der Waals surface area contributed by atoms with Gasteiger partial charge in [0, 0.05) is 23.4 Å². The molecule has 0 amide bonds. The second-order valence-electron chi connectivity index (χ2n) is 4.92. The first kappa shape index (κ1) is 15.2. The van der Waals surface area contributed by atoms with E-state index in [-0.39, 0.29) is 11.9 Å². The van der Waals surface area contributed by atoms with Crippen molar-refractivity contribution in [2.24, 2.45) is 0 Å². The molecule has 0 radical (unpaired) electrons. The van der Waals surface area contributed by atoms with E-state index in [2.05, 4.69) is 27.9 Å². The maximum absolute atomic E-state index is 13.9. The summed E-state index contributed by atoms with van der Waals surface area (Å²) in [7, 11) is 0. The molecule has 1 atom stereocenters. The Morgan fingerprint density at radius 1 is 1.48 bits per heavy atom. The summed E-state index contributed by atoms with van der Waals surface area (Å²) in [6.07, 6.45) is 0.890. The van der Waals surface area contributed by atoms with Crippen LogP contribution in [0.25, 0.3) is 11.0 Å². The fourth-order valence-electron chi connectivity index (χ4n) is 2.54. The molecule has 0 fully saturated rings. The summed E-state index contributed by atoms with van der Waals surface area (Å²) >= 11 is 9.75. The molecule has 0 spiro atoms. The van der Waals surface area contributed by atoms with Crippen LogP contribution in [0.15, 0.2) is 29.6 Å². The minimum atomic E-state index is -0.214. The van der Waals surface area contributed by atoms with Gasteiger partial charge in [-0.2, -0.15) is 0 Å². The molecule has 110 valence electrons. The molecule has 3 rings (SSSR count). The molecule has 0 aliphatic rings. The van der Waals surface area contributed by atoms with Gasteiger partial charge in [0.15, 0.2) is 0 Å². The van der Waals surface area contributed by atoms with Crippen molar-refractivity contribution in [3.8, 4) is 0 Å². The fraction of sp³-hybridized carbons (Fsp3) is 0.267. The van der Waals surface area contributed by atoms with Gasteiger partial charge in [-0.1, -0.05) is 6.07 Å². The Labute approximate surface area is 145 Å². The normalized spacial score (nSPS) is 13.0. The summed E-state index contributed by atoms with van der Waals surface area (Å²) in [5, 5.41) is 2.07. The summed E-state index contributed by atoms with van der Waals surface area (Å²) in [6.45, 7) is 2.12. The Morgan fingerprint density at radius 3 is 2.95 bits per heavy atom. The molecular formula is C15H13ClFIN2S. The molecule has 2 aromatic heterocycles. The van der Waals surface area contributed by atoms with Crippen molar-refractivity contribution in [2.75, 3.05) is 0 Å². The van der Waals surface area contributed by atoms with Crippen LogP contribution in [-0.4, -0.2) is 9.55 Å². The maximum Gasteiger partial charge on any atom is 0.138 e. The summed E-state index contributed by atoms with van der Waals surface area (Å²) < 4.78 is 16.5. The zero-order chi connectivity index (χ0) is 15.0. The monoisotopic (exact) mass is 434 g/mol. The third kappa shape index (κ3) is 2.96. The zero-order valence-corrected chi connectivity index (χ0v) is 15.0. The van der Waals surface area contributed by atoms with Crippen molar-refractivity contribution in [3.63, 3.8) is 0 Å². The van der Waals surface area contributed by atoms with Crippen molar-refractivity contribution in [1.29, 1.82) is 0 Å². The van der Waals surface area contributed by atoms with Gasteiger partial charge in [-0.25, -0.2) is 9.37 Å². The third-order valence-electron chi connectivity index (χ3n) is 3.44. The number of aromatic nitrogens is 2. The van der Waals surface area contributed by atoms with Gasteiger partial charge < -0.3 is 4.57 Å². The SMILES string of the molecule is CC(Cc1cccs1)n1c(CCl)nc2cc(I)c(F)cc21. The lowest BCUT2D eigenvalue weighted by Gasteiger charge is -2.16. The number of imidazole rings is 1. The second kappa shape index (κ2) is 6.22. The van der Waals surface area contributed by atoms with Gasteiger partial charge in [0.25, 0.3) is 0 Å². The molecule has 6 heteroatoms. The van der Waals surface area contributed by atoms with Gasteiger partial charge in [-0.3, -0.25) is 0 Å². The molecule has 0 saturated heterocycles. The van der Waals surface area contributed by atoms with Crippen LogP contribution >= 0.6 is 45.5 Å². The Kier molecular flexibility index (Phi) is 4.51. The van der Waals surface area contributed by atoms with Gasteiger partial charge in [-0.05, 0) is 47.0 Å². The van der Waals surface area contributed by atoms with Crippen molar-refractivity contribution in [1.82, 2.24) is 9.55 Å². The quantitative estimate of drug-likeness (QED) is 0.398. The average Bonchev–Trinajstić information content (AvgIpc) is 3.06. The first-order valence-corrected chi connectivity index (χ1v) is 9.03. The molecule has 0 aliphatic heterocycles. The first-order chi connectivity index (χ1) is 10.1. The second-order valence-corrected chi connectivity index (χ2v) is 7.38. The van der Waals surface area contributed by atoms with E-state index in [0.717, 1.165) is 23.3 Å². The van der Waals surface area contributed by atoms with Crippen LogP contribution in [-0.2, 0) is 12.3 Å². The van der Waals surface area contributed by atoms with E-state index in [1.165, 1.54) is 4.88 Å². The molecule has 0 saturated carbocycles. The van der Waals surface area contributed by atoms with Crippen LogP contribution in [0.2, 0.25) is 0 Å². The van der Waals surface area contributed by atoms with Crippen LogP contribution in [0.1, 0.15) is 23.7 Å². The van der Waals surface area contributed by atoms with Gasteiger partial charge >= 0.3 is 0 Å². The highest BCUT2D eigenvalue weighted by molar-refractivity contribution is 14.1. The highest BCUT2D eigenvalue weighted by atomic mass is 127. The molecule has 0 aliphatic carbocycles. The number of benzene rings is 1. The van der Waals surface area contributed by atoms with Crippen molar-refractivity contribution in [2.45, 2.75) is 25.3 Å².